The van der Waals surface area contributed by atoms with Gasteiger partial charge in [0.15, 0.2) is 5.11 Å². The molecule has 1 heterocycles. The van der Waals surface area contributed by atoms with Crippen LogP contribution in [0.15, 0.2) is 59.8 Å². The first-order valence-electron chi connectivity index (χ1n) is 10.0. The Bertz CT molecular complexity index is 1110. The summed E-state index contributed by atoms with van der Waals surface area (Å²) in [6.45, 7) is 3.69. The Kier molecular flexibility index (Phi) is 7.06. The number of hydrogen-bond donors (Lipinski definition) is 2. The Morgan fingerprint density at radius 2 is 1.85 bits per heavy atom. The molecule has 10 heteroatoms. The van der Waals surface area contributed by atoms with Crippen molar-refractivity contribution in [2.45, 2.75) is 26.1 Å². The number of ether oxygens (including phenoxy) is 1. The Morgan fingerprint density at radius 3 is 2.45 bits per heavy atom. The summed E-state index contributed by atoms with van der Waals surface area (Å²) in [5, 5.41) is 6.21. The van der Waals surface area contributed by atoms with E-state index in [1.165, 1.54) is 0 Å². The predicted octanol–water partition coefficient (Wildman–Crippen LogP) is 4.66. The van der Waals surface area contributed by atoms with Gasteiger partial charge in [-0.05, 0) is 68.0 Å². The molecule has 0 bridgehead atoms. The SMILES string of the molecule is CCOC(=O)C1=C(C)N(C)C(=S)NC1c1cccc(NC(=O)c2ccc(C(F)(F)F)cc2)c1. The van der Waals surface area contributed by atoms with Gasteiger partial charge < -0.3 is 20.3 Å². The quantitative estimate of drug-likeness (QED) is 0.483. The number of carbonyl (C=O) groups excluding carboxylic acids is 2. The molecule has 1 atom stereocenters. The van der Waals surface area contributed by atoms with Crippen molar-refractivity contribution in [2.75, 3.05) is 19.0 Å². The molecule has 3 rings (SSSR count). The van der Waals surface area contributed by atoms with Crippen molar-refractivity contribution >= 4 is 34.9 Å². The normalized spacial score (nSPS) is 16.4. The van der Waals surface area contributed by atoms with Crippen molar-refractivity contribution in [1.82, 2.24) is 10.2 Å². The molecule has 33 heavy (non-hydrogen) atoms. The topological polar surface area (TPSA) is 70.7 Å². The number of rotatable bonds is 5. The molecule has 6 nitrogen and oxygen atoms in total. The fourth-order valence-electron chi connectivity index (χ4n) is 3.37. The lowest BCUT2D eigenvalue weighted by molar-refractivity contribution is -0.139. The lowest BCUT2D eigenvalue weighted by atomic mass is 9.95. The van der Waals surface area contributed by atoms with Crippen molar-refractivity contribution in [2.24, 2.45) is 0 Å². The van der Waals surface area contributed by atoms with Gasteiger partial charge in [0.2, 0.25) is 0 Å². The summed E-state index contributed by atoms with van der Waals surface area (Å²) in [5.41, 5.74) is 1.33. The smallest absolute Gasteiger partial charge is 0.416 e. The average Bonchev–Trinajstić information content (AvgIpc) is 2.77. The maximum atomic E-state index is 12.7. The molecule has 0 saturated heterocycles. The summed E-state index contributed by atoms with van der Waals surface area (Å²) >= 11 is 5.37. The third-order valence-corrected chi connectivity index (χ3v) is 5.59. The lowest BCUT2D eigenvalue weighted by Gasteiger charge is -2.35. The van der Waals surface area contributed by atoms with E-state index in [9.17, 15) is 22.8 Å². The van der Waals surface area contributed by atoms with Crippen LogP contribution in [0, 0.1) is 0 Å². The first kappa shape index (κ1) is 24.2. The molecule has 2 aromatic carbocycles. The van der Waals surface area contributed by atoms with Crippen LogP contribution < -0.4 is 10.6 Å². The largest absolute Gasteiger partial charge is 0.463 e. The average molecular weight is 478 g/mol. The molecule has 174 valence electrons. The van der Waals surface area contributed by atoms with Crippen LogP contribution in [0.4, 0.5) is 18.9 Å². The minimum atomic E-state index is -4.48. The van der Waals surface area contributed by atoms with Crippen LogP contribution in [-0.2, 0) is 15.7 Å². The van der Waals surface area contributed by atoms with Gasteiger partial charge in [-0.25, -0.2) is 4.79 Å². The molecule has 2 aromatic rings. The molecule has 0 radical (unpaired) electrons. The maximum absolute atomic E-state index is 12.7. The first-order valence-corrected chi connectivity index (χ1v) is 10.4. The van der Waals surface area contributed by atoms with Crippen molar-refractivity contribution in [3.63, 3.8) is 0 Å². The zero-order valence-corrected chi connectivity index (χ0v) is 18.9. The van der Waals surface area contributed by atoms with Gasteiger partial charge in [0.1, 0.15) is 0 Å². The van der Waals surface area contributed by atoms with Gasteiger partial charge >= 0.3 is 12.1 Å². The Labute approximate surface area is 194 Å². The van der Waals surface area contributed by atoms with Gasteiger partial charge in [0, 0.05) is 24.0 Å². The number of nitrogens with zero attached hydrogens (tertiary/aromatic N) is 1. The number of halogens is 3. The van der Waals surface area contributed by atoms with E-state index in [2.05, 4.69) is 10.6 Å². The standard InChI is InChI=1S/C23H22F3N3O3S/c1-4-32-21(31)18-13(2)29(3)22(33)28-19(18)15-6-5-7-17(12-15)27-20(30)14-8-10-16(11-9-14)23(24,25)26/h5-12,19H,4H2,1-3H3,(H,27,30)(H,28,33). The second-order valence-corrected chi connectivity index (χ2v) is 7.70. The van der Waals surface area contributed by atoms with Gasteiger partial charge in [-0.15, -0.1) is 0 Å². The highest BCUT2D eigenvalue weighted by atomic mass is 32.1. The number of carbonyl (C=O) groups is 2. The number of thiocarbonyl (C=S) groups is 1. The minimum Gasteiger partial charge on any atom is -0.463 e. The molecule has 0 aromatic heterocycles. The van der Waals surface area contributed by atoms with Crippen LogP contribution in [-0.4, -0.2) is 35.5 Å². The van der Waals surface area contributed by atoms with E-state index in [-0.39, 0.29) is 12.2 Å². The fraction of sp³-hybridized carbons (Fsp3) is 0.261. The van der Waals surface area contributed by atoms with Crippen LogP contribution in [0.5, 0.6) is 0 Å². The number of hydrogen-bond acceptors (Lipinski definition) is 4. The summed E-state index contributed by atoms with van der Waals surface area (Å²) in [5.74, 6) is -1.05. The van der Waals surface area contributed by atoms with Crippen molar-refractivity contribution in [3.8, 4) is 0 Å². The second kappa shape index (κ2) is 9.62. The summed E-state index contributed by atoms with van der Waals surface area (Å²) in [6.07, 6.45) is -4.48. The number of benzene rings is 2. The van der Waals surface area contributed by atoms with Crippen LogP contribution in [0.2, 0.25) is 0 Å². The maximum Gasteiger partial charge on any atom is 0.416 e. The van der Waals surface area contributed by atoms with E-state index < -0.39 is 29.7 Å². The molecule has 1 unspecified atom stereocenters. The molecular formula is C23H22F3N3O3S. The second-order valence-electron chi connectivity index (χ2n) is 7.32. The first-order chi connectivity index (χ1) is 15.5. The number of allylic oxidation sites excluding steroid dienone is 1. The fourth-order valence-corrected chi connectivity index (χ4v) is 3.62. The van der Waals surface area contributed by atoms with E-state index in [0.717, 1.165) is 24.3 Å². The van der Waals surface area contributed by atoms with Crippen LogP contribution in [0.1, 0.15) is 41.4 Å². The van der Waals surface area contributed by atoms with Crippen LogP contribution >= 0.6 is 12.2 Å². The van der Waals surface area contributed by atoms with Crippen molar-refractivity contribution < 1.29 is 27.5 Å². The zero-order valence-electron chi connectivity index (χ0n) is 18.1. The van der Waals surface area contributed by atoms with E-state index in [1.807, 2.05) is 0 Å². The molecule has 0 aliphatic carbocycles. The number of nitrogens with one attached hydrogen (secondary N) is 2. The number of amides is 1. The van der Waals surface area contributed by atoms with Crippen molar-refractivity contribution in [1.29, 1.82) is 0 Å². The zero-order chi connectivity index (χ0) is 24.3. The highest BCUT2D eigenvalue weighted by molar-refractivity contribution is 7.80. The van der Waals surface area contributed by atoms with Gasteiger partial charge in [-0.3, -0.25) is 4.79 Å². The summed E-state index contributed by atoms with van der Waals surface area (Å²) in [6, 6.07) is 10.1. The minimum absolute atomic E-state index is 0.0787. The van der Waals surface area contributed by atoms with Crippen LogP contribution in [0.3, 0.4) is 0 Å². The Morgan fingerprint density at radius 1 is 1.18 bits per heavy atom. The van der Waals surface area contributed by atoms with Gasteiger partial charge in [0.05, 0.1) is 23.8 Å². The third-order valence-electron chi connectivity index (χ3n) is 5.20. The summed E-state index contributed by atoms with van der Waals surface area (Å²) < 4.78 is 43.5. The number of anilines is 1. The highest BCUT2D eigenvalue weighted by Crippen LogP contribution is 2.32. The van der Waals surface area contributed by atoms with Gasteiger partial charge in [-0.1, -0.05) is 12.1 Å². The molecular weight excluding hydrogens is 455 g/mol. The monoisotopic (exact) mass is 477 g/mol. The summed E-state index contributed by atoms with van der Waals surface area (Å²) in [4.78, 5) is 26.9. The molecule has 0 fully saturated rings. The van der Waals surface area contributed by atoms with Gasteiger partial charge in [0.25, 0.3) is 5.91 Å². The van der Waals surface area contributed by atoms with Crippen molar-refractivity contribution in [3.05, 3.63) is 76.5 Å². The molecule has 2 N–H and O–H groups in total. The Hall–Kier alpha value is -3.40. The lowest BCUT2D eigenvalue weighted by Crippen LogP contribution is -2.46. The molecule has 1 aliphatic heterocycles. The molecule has 0 saturated carbocycles. The summed E-state index contributed by atoms with van der Waals surface area (Å²) in [7, 11) is 1.74. The predicted molar refractivity (Wildman–Crippen MR) is 121 cm³/mol. The van der Waals surface area contributed by atoms with E-state index in [1.54, 1.807) is 50.1 Å². The van der Waals surface area contributed by atoms with E-state index in [4.69, 9.17) is 17.0 Å². The van der Waals surface area contributed by atoms with E-state index in [0.29, 0.717) is 27.6 Å². The molecule has 1 amide bonds. The number of esters is 1. The Balaban J connectivity index is 1.87. The molecule has 1 aliphatic rings. The molecule has 0 spiro atoms. The van der Waals surface area contributed by atoms with Gasteiger partial charge in [-0.2, -0.15) is 13.2 Å². The number of alkyl halides is 3. The van der Waals surface area contributed by atoms with Crippen LogP contribution in [0.25, 0.3) is 0 Å². The third kappa shape index (κ3) is 5.33. The van der Waals surface area contributed by atoms with E-state index >= 15 is 0 Å². The highest BCUT2D eigenvalue weighted by Gasteiger charge is 2.33.